The van der Waals surface area contributed by atoms with Crippen molar-refractivity contribution in [3.8, 4) is 0 Å². The van der Waals surface area contributed by atoms with Crippen LogP contribution in [0.2, 0.25) is 0 Å². The Morgan fingerprint density at radius 3 is 1.06 bits per heavy atom. The number of H-pyrrole nitrogens is 3. The number of alkyl halides is 1. The Morgan fingerprint density at radius 2 is 0.760 bits per heavy atom. The van der Waals surface area contributed by atoms with E-state index in [0.717, 1.165) is 13.4 Å². The normalized spacial score (nSPS) is 10.0. The van der Waals surface area contributed by atoms with Crippen molar-refractivity contribution in [2.45, 2.75) is 14.9 Å². The maximum absolute atomic E-state index is 9.96. The first kappa shape index (κ1) is 40.7. The zero-order valence-electron chi connectivity index (χ0n) is 26.2. The Kier molecular flexibility index (Phi) is 16.4. The van der Waals surface area contributed by atoms with Gasteiger partial charge in [-0.1, -0.05) is 117 Å². The van der Waals surface area contributed by atoms with Crippen molar-refractivity contribution in [3.63, 3.8) is 0 Å². The molecule has 0 atom stereocenters. The Bertz CT molecular complexity index is 2370. The standard InChI is InChI=1S/C12H7Br2N.C12H8BrN.C12H9N.CH3F.2CH4.BHNS.FH.H2/c13-7-1-3-11-9(5-7)10-6-8(14)2-4-12(10)15-11;13-8-5-6-12-10(7-8)9-3-1-2-4-11(9)14-12;1-3-7-11-9(5-1)10-6-2-4-8-12(10)13-11;1-2;;;1-2-3;;/h1-6,15H;1-7,14H;1-8,13H;1H3;2*1H4;3H;2*1H/i;;;1D;;;;;1+1. The van der Waals surface area contributed by atoms with Gasteiger partial charge in [0, 0.05) is 80.3 Å². The molecule has 3 heterocycles. The Balaban J connectivity index is 0.000000350. The van der Waals surface area contributed by atoms with E-state index in [1.807, 2.05) is 18.2 Å². The van der Waals surface area contributed by atoms with E-state index in [2.05, 4.69) is 197 Å². The van der Waals surface area contributed by atoms with Crippen molar-refractivity contribution in [2.75, 3.05) is 7.15 Å². The molecule has 3 aromatic heterocycles. The average molecular weight is 886 g/mol. The monoisotopic (exact) mass is 883 g/mol. The van der Waals surface area contributed by atoms with Gasteiger partial charge in [-0.3, -0.25) is 9.09 Å². The van der Waals surface area contributed by atoms with E-state index in [4.69, 9.17) is 1.37 Å². The molecule has 0 amide bonds. The second-order valence-corrected chi connectivity index (χ2v) is 13.2. The summed E-state index contributed by atoms with van der Waals surface area (Å²) in [5.41, 5.74) is 7.15. The molecule has 3 N–H and O–H groups in total. The molecule has 0 bridgehead atoms. The number of benzene rings is 6. The molecular formula is C39H39BBr3F2N4S. The number of nitrogens with one attached hydrogen (secondary N) is 3. The molecule has 11 heteroatoms. The number of fused-ring (bicyclic) bond motifs is 9. The fraction of sp³-hybridized carbons (Fsp3) is 0.0769. The third kappa shape index (κ3) is 9.72. The zero-order chi connectivity index (χ0) is 34.0. The number of para-hydroxylation sites is 3. The maximum Gasteiger partial charge on any atom is 0.0464 e. The van der Waals surface area contributed by atoms with Crippen molar-refractivity contribution in [2.24, 2.45) is 4.30 Å². The van der Waals surface area contributed by atoms with E-state index in [1.54, 1.807) is 0 Å². The molecule has 1 radical (unpaired) electrons. The summed E-state index contributed by atoms with van der Waals surface area (Å²) in [5.74, 6) is 0. The van der Waals surface area contributed by atoms with Crippen LogP contribution in [0.3, 0.4) is 0 Å². The maximum atomic E-state index is 9.96. The van der Waals surface area contributed by atoms with Gasteiger partial charge in [-0.05, 0) is 72.8 Å². The van der Waals surface area contributed by atoms with Crippen LogP contribution in [0.4, 0.5) is 9.09 Å². The number of aromatic nitrogens is 3. The van der Waals surface area contributed by atoms with Crippen LogP contribution < -0.4 is 0 Å². The summed E-state index contributed by atoms with van der Waals surface area (Å²) < 4.78 is 21.5. The number of halogens is 5. The van der Waals surface area contributed by atoms with Gasteiger partial charge in [-0.25, -0.2) is 0 Å². The van der Waals surface area contributed by atoms with Crippen LogP contribution in [0.1, 0.15) is 17.7 Å². The van der Waals surface area contributed by atoms with Gasteiger partial charge in [0.05, 0.1) is 8.52 Å². The number of hydrogen-bond donors (Lipinski definition) is 4. The first-order valence-corrected chi connectivity index (χ1v) is 17.0. The van der Waals surface area contributed by atoms with Gasteiger partial charge < -0.3 is 15.0 Å². The minimum Gasteiger partial charge on any atom is -0.355 e. The van der Waals surface area contributed by atoms with Gasteiger partial charge in [0.15, 0.2) is 0 Å². The van der Waals surface area contributed by atoms with Crippen molar-refractivity contribution >= 4 is 134 Å². The van der Waals surface area contributed by atoms with Gasteiger partial charge in [0.25, 0.3) is 0 Å². The largest absolute Gasteiger partial charge is 0.355 e. The van der Waals surface area contributed by atoms with Crippen molar-refractivity contribution in [3.05, 3.63) is 141 Å². The van der Waals surface area contributed by atoms with Crippen LogP contribution in [0.5, 0.6) is 0 Å². The van der Waals surface area contributed by atoms with E-state index in [0.29, 0.717) is 0 Å². The van der Waals surface area contributed by atoms with Gasteiger partial charge >= 0.3 is 24.8 Å². The van der Waals surface area contributed by atoms with Gasteiger partial charge in [0.1, 0.15) is 0 Å². The summed E-state index contributed by atoms with van der Waals surface area (Å²) in [6.07, 6.45) is 0. The molecule has 259 valence electrons. The Morgan fingerprint density at radius 1 is 0.540 bits per heavy atom. The minimum absolute atomic E-state index is 0. The van der Waals surface area contributed by atoms with E-state index in [1.165, 1.54) is 65.4 Å². The quantitative estimate of drug-likeness (QED) is 0.0866. The van der Waals surface area contributed by atoms with Crippen LogP contribution >= 0.6 is 60.6 Å². The number of hydrogen-bond acceptors (Lipinski definition) is 2. The fourth-order valence-corrected chi connectivity index (χ4v) is 6.54. The summed E-state index contributed by atoms with van der Waals surface area (Å²) in [6.45, 7) is 0. The smallest absolute Gasteiger partial charge is 0.0464 e. The zero-order valence-corrected chi connectivity index (χ0v) is 30.9. The summed E-state index contributed by atoms with van der Waals surface area (Å²) in [5, 5.41) is 7.66. The summed E-state index contributed by atoms with van der Waals surface area (Å²) in [6, 6.07) is 44.0. The van der Waals surface area contributed by atoms with E-state index in [-0.39, 0.29) is 21.0 Å². The molecule has 0 aliphatic carbocycles. The second kappa shape index (κ2) is 20.2. The van der Waals surface area contributed by atoms with Crippen LogP contribution in [0.15, 0.2) is 145 Å². The molecule has 0 saturated heterocycles. The summed E-state index contributed by atoms with van der Waals surface area (Å²) in [7, 11) is 3.34. The topological polar surface area (TPSA) is 59.7 Å². The predicted octanol–water partition coefficient (Wildman–Crippen LogP) is 14.7. The van der Waals surface area contributed by atoms with Crippen LogP contribution in [0.25, 0.3) is 65.4 Å². The third-order valence-corrected chi connectivity index (χ3v) is 8.88. The Labute approximate surface area is 325 Å². The SMILES string of the molecule is Brc1ccc2[nH]c3ccc(Br)cc3c2c1.Brc1ccc2[nH]c3ccccc3c2c1.C.C.F.[2HH].[2H]CF.[B]=NS.c1ccc2c(c1)[nH]c1ccccc12. The van der Waals surface area contributed by atoms with E-state index in [9.17, 15) is 4.39 Å². The van der Waals surface area contributed by atoms with Gasteiger partial charge in [-0.15, -0.1) is 0 Å². The van der Waals surface area contributed by atoms with E-state index < -0.39 is 7.15 Å². The first-order chi connectivity index (χ1) is 23.4. The number of aromatic amines is 3. The number of thiol groups is 1. The van der Waals surface area contributed by atoms with Crippen LogP contribution in [0, 0.1) is 0 Å². The molecule has 9 rings (SSSR count). The molecule has 0 aliphatic rings. The number of rotatable bonds is 0. The molecule has 6 aromatic carbocycles. The molecule has 0 fully saturated rings. The number of nitrogens with zero attached hydrogens (tertiary/aromatic N) is 1. The van der Waals surface area contributed by atoms with Crippen molar-refractivity contribution < 1.29 is 11.9 Å². The van der Waals surface area contributed by atoms with Gasteiger partial charge in [-0.2, -0.15) is 0 Å². The summed E-state index contributed by atoms with van der Waals surface area (Å²) in [4.78, 5) is 10.2. The fourth-order valence-electron chi connectivity index (χ4n) is 5.46. The molecule has 0 spiro atoms. The first-order valence-electron chi connectivity index (χ1n) is 14.9. The molecule has 4 nitrogen and oxygen atoms in total. The molecule has 9 aromatic rings. The predicted molar refractivity (Wildman–Crippen MR) is 233 cm³/mol. The summed E-state index contributed by atoms with van der Waals surface area (Å²) >= 11 is 13.7. The molecule has 50 heavy (non-hydrogen) atoms. The molecule has 0 unspecified atom stereocenters. The average Bonchev–Trinajstić information content (AvgIpc) is 3.77. The molecule has 0 aliphatic heterocycles. The molecule has 0 saturated carbocycles. The van der Waals surface area contributed by atoms with E-state index >= 15 is 0 Å². The van der Waals surface area contributed by atoms with Gasteiger partial charge in [0.2, 0.25) is 0 Å². The minimum atomic E-state index is -1.00. The van der Waals surface area contributed by atoms with Crippen molar-refractivity contribution in [1.82, 2.24) is 15.0 Å². The Hall–Kier alpha value is -3.77. The molecular weight excluding hydrogens is 845 g/mol. The third-order valence-electron chi connectivity index (χ3n) is 7.40. The second-order valence-electron chi connectivity index (χ2n) is 10.2. The van der Waals surface area contributed by atoms with Crippen LogP contribution in [-0.2, 0) is 0 Å². The van der Waals surface area contributed by atoms with Crippen LogP contribution in [-0.4, -0.2) is 29.7 Å². The van der Waals surface area contributed by atoms with Crippen molar-refractivity contribution in [1.29, 1.82) is 0 Å².